The summed E-state index contributed by atoms with van der Waals surface area (Å²) in [6.07, 6.45) is 7.03. The highest BCUT2D eigenvalue weighted by molar-refractivity contribution is 5.48. The molecule has 56 valence electrons. The van der Waals surface area contributed by atoms with E-state index in [-0.39, 0.29) is 0 Å². The smallest absolute Gasteiger partial charge is 0.0169 e. The van der Waals surface area contributed by atoms with Gasteiger partial charge in [-0.3, -0.25) is 0 Å². The molecule has 1 aromatic rings. The second kappa shape index (κ2) is 4.51. The van der Waals surface area contributed by atoms with Crippen molar-refractivity contribution in [1.82, 2.24) is 0 Å². The quantitative estimate of drug-likeness (QED) is 0.571. The van der Waals surface area contributed by atoms with Gasteiger partial charge in [0.1, 0.15) is 0 Å². The van der Waals surface area contributed by atoms with E-state index in [1.807, 2.05) is 24.3 Å². The van der Waals surface area contributed by atoms with Gasteiger partial charge >= 0.3 is 0 Å². The van der Waals surface area contributed by atoms with Crippen LogP contribution >= 0.6 is 0 Å². The van der Waals surface area contributed by atoms with Gasteiger partial charge in [0.2, 0.25) is 0 Å². The van der Waals surface area contributed by atoms with Gasteiger partial charge in [-0.1, -0.05) is 48.6 Å². The first-order valence-electron chi connectivity index (χ1n) is 3.76. The highest BCUT2D eigenvalue weighted by Gasteiger charge is 1.79. The molecular weight excluding hydrogens is 132 g/mol. The standard InChI is InChI=1S/C11H12/c1-2-3-5-8-11-9-6-4-7-10-11/h2,4-10H,1,3H2. The van der Waals surface area contributed by atoms with Crippen molar-refractivity contribution in [3.05, 3.63) is 54.6 Å². The fraction of sp³-hybridized carbons (Fsp3) is 0.0909. The zero-order valence-electron chi connectivity index (χ0n) is 6.53. The van der Waals surface area contributed by atoms with E-state index in [0.29, 0.717) is 0 Å². The predicted octanol–water partition coefficient (Wildman–Crippen LogP) is 3.28. The molecule has 0 spiro atoms. The molecule has 0 saturated carbocycles. The molecule has 0 aromatic heterocycles. The van der Waals surface area contributed by atoms with Crippen LogP contribution in [0, 0.1) is 0 Å². The number of rotatable bonds is 3. The lowest BCUT2D eigenvalue weighted by Crippen LogP contribution is -1.67. The molecule has 0 aliphatic carbocycles. The van der Waals surface area contributed by atoms with Crippen LogP contribution in [0.1, 0.15) is 12.0 Å². The van der Waals surface area contributed by atoms with Crippen LogP contribution in [-0.2, 0) is 0 Å². The Labute approximate surface area is 67.9 Å². The molecule has 1 aromatic carbocycles. The molecule has 0 N–H and O–H groups in total. The van der Waals surface area contributed by atoms with Gasteiger partial charge in [-0.2, -0.15) is 0 Å². The monoisotopic (exact) mass is 144 g/mol. The van der Waals surface area contributed by atoms with E-state index in [1.165, 1.54) is 5.56 Å². The third kappa shape index (κ3) is 2.85. The fourth-order valence-corrected chi connectivity index (χ4v) is 0.864. The summed E-state index contributed by atoms with van der Waals surface area (Å²) in [5, 5.41) is 0. The van der Waals surface area contributed by atoms with Crippen molar-refractivity contribution >= 4 is 6.08 Å². The summed E-state index contributed by atoms with van der Waals surface area (Å²) in [6.45, 7) is 3.64. The Balaban J connectivity index is 2.57. The zero-order valence-corrected chi connectivity index (χ0v) is 6.53. The van der Waals surface area contributed by atoms with Crippen LogP contribution in [0.5, 0.6) is 0 Å². The zero-order chi connectivity index (χ0) is 7.94. The minimum atomic E-state index is 0.939. The molecule has 0 heteroatoms. The van der Waals surface area contributed by atoms with Crippen LogP contribution in [-0.4, -0.2) is 0 Å². The number of benzene rings is 1. The third-order valence-corrected chi connectivity index (χ3v) is 1.41. The van der Waals surface area contributed by atoms with E-state index in [1.54, 1.807) is 0 Å². The molecule has 0 saturated heterocycles. The van der Waals surface area contributed by atoms with Crippen molar-refractivity contribution in [2.45, 2.75) is 6.42 Å². The molecule has 11 heavy (non-hydrogen) atoms. The molecule has 0 fully saturated rings. The molecule has 0 amide bonds. The van der Waals surface area contributed by atoms with E-state index >= 15 is 0 Å². The van der Waals surface area contributed by atoms with E-state index in [2.05, 4.69) is 30.9 Å². The first kappa shape index (κ1) is 7.80. The van der Waals surface area contributed by atoms with Crippen molar-refractivity contribution in [3.8, 4) is 0 Å². The lowest BCUT2D eigenvalue weighted by Gasteiger charge is -1.88. The minimum Gasteiger partial charge on any atom is -0.103 e. The molecule has 0 unspecified atom stereocenters. The van der Waals surface area contributed by atoms with Crippen molar-refractivity contribution in [1.29, 1.82) is 0 Å². The summed E-state index contributed by atoms with van der Waals surface area (Å²) in [4.78, 5) is 0. The average molecular weight is 144 g/mol. The van der Waals surface area contributed by atoms with Gasteiger partial charge in [0.25, 0.3) is 0 Å². The van der Waals surface area contributed by atoms with Gasteiger partial charge < -0.3 is 0 Å². The fourth-order valence-electron chi connectivity index (χ4n) is 0.864. The van der Waals surface area contributed by atoms with Gasteiger partial charge in [0, 0.05) is 0 Å². The molecular formula is C11H12. The predicted molar refractivity (Wildman–Crippen MR) is 50.3 cm³/mol. The molecule has 0 aliphatic rings. The maximum Gasteiger partial charge on any atom is -0.0169 e. The molecule has 0 nitrogen and oxygen atoms in total. The molecule has 0 atom stereocenters. The summed E-state index contributed by atoms with van der Waals surface area (Å²) in [6, 6.07) is 10.3. The number of hydrogen-bond donors (Lipinski definition) is 0. The summed E-state index contributed by atoms with van der Waals surface area (Å²) in [5.41, 5.74) is 1.24. The van der Waals surface area contributed by atoms with E-state index in [4.69, 9.17) is 0 Å². The SMILES string of the molecule is C=CCC=Cc1ccccc1. The minimum absolute atomic E-state index is 0.939. The molecule has 0 radical (unpaired) electrons. The Hall–Kier alpha value is -1.30. The van der Waals surface area contributed by atoms with Gasteiger partial charge in [-0.05, 0) is 12.0 Å². The summed E-state index contributed by atoms with van der Waals surface area (Å²) in [5.74, 6) is 0. The highest BCUT2D eigenvalue weighted by Crippen LogP contribution is 2.01. The summed E-state index contributed by atoms with van der Waals surface area (Å²) >= 11 is 0. The normalized spacial score (nSPS) is 10.2. The van der Waals surface area contributed by atoms with E-state index in [9.17, 15) is 0 Å². The van der Waals surface area contributed by atoms with E-state index in [0.717, 1.165) is 6.42 Å². The summed E-state index contributed by atoms with van der Waals surface area (Å²) < 4.78 is 0. The number of hydrogen-bond acceptors (Lipinski definition) is 0. The first-order chi connectivity index (χ1) is 5.43. The van der Waals surface area contributed by atoms with Crippen LogP contribution in [0.4, 0.5) is 0 Å². The average Bonchev–Trinajstić information content (AvgIpc) is 2.07. The lowest BCUT2D eigenvalue weighted by molar-refractivity contribution is 1.42. The van der Waals surface area contributed by atoms with Gasteiger partial charge in [0.15, 0.2) is 0 Å². The van der Waals surface area contributed by atoms with Gasteiger partial charge in [0.05, 0.1) is 0 Å². The largest absolute Gasteiger partial charge is 0.103 e. The van der Waals surface area contributed by atoms with Gasteiger partial charge in [-0.25, -0.2) is 0 Å². The maximum absolute atomic E-state index is 3.64. The maximum atomic E-state index is 3.64. The Morgan fingerprint density at radius 2 is 1.91 bits per heavy atom. The Kier molecular flexibility index (Phi) is 3.20. The molecule has 0 heterocycles. The first-order valence-corrected chi connectivity index (χ1v) is 3.76. The van der Waals surface area contributed by atoms with Gasteiger partial charge in [-0.15, -0.1) is 6.58 Å². The van der Waals surface area contributed by atoms with Crippen molar-refractivity contribution in [2.24, 2.45) is 0 Å². The number of allylic oxidation sites excluding steroid dienone is 2. The molecule has 0 bridgehead atoms. The van der Waals surface area contributed by atoms with Crippen LogP contribution in [0.15, 0.2) is 49.1 Å². The van der Waals surface area contributed by atoms with Crippen molar-refractivity contribution < 1.29 is 0 Å². The van der Waals surface area contributed by atoms with Crippen LogP contribution in [0.25, 0.3) is 6.08 Å². The highest BCUT2D eigenvalue weighted by atomic mass is 13.9. The van der Waals surface area contributed by atoms with Crippen molar-refractivity contribution in [3.63, 3.8) is 0 Å². The third-order valence-electron chi connectivity index (χ3n) is 1.41. The Morgan fingerprint density at radius 3 is 2.55 bits per heavy atom. The van der Waals surface area contributed by atoms with Crippen LogP contribution < -0.4 is 0 Å². The second-order valence-corrected chi connectivity index (χ2v) is 2.34. The molecule has 0 aliphatic heterocycles. The Morgan fingerprint density at radius 1 is 1.18 bits per heavy atom. The summed E-state index contributed by atoms with van der Waals surface area (Å²) in [7, 11) is 0. The van der Waals surface area contributed by atoms with Crippen molar-refractivity contribution in [2.75, 3.05) is 0 Å². The topological polar surface area (TPSA) is 0 Å². The second-order valence-electron chi connectivity index (χ2n) is 2.34. The van der Waals surface area contributed by atoms with E-state index < -0.39 is 0 Å². The lowest BCUT2D eigenvalue weighted by atomic mass is 10.2. The van der Waals surface area contributed by atoms with Crippen LogP contribution in [0.2, 0.25) is 0 Å². The molecule has 1 rings (SSSR count). The Bertz CT molecular complexity index is 231. The van der Waals surface area contributed by atoms with Crippen LogP contribution in [0.3, 0.4) is 0 Å².